The Morgan fingerprint density at radius 2 is 1.85 bits per heavy atom. The van der Waals surface area contributed by atoms with Gasteiger partial charge in [-0.25, -0.2) is 4.39 Å². The number of halogens is 1. The number of carbonyl (C=O) groups is 3. The van der Waals surface area contributed by atoms with Crippen molar-refractivity contribution in [2.75, 3.05) is 6.61 Å². The van der Waals surface area contributed by atoms with Crippen molar-refractivity contribution in [2.24, 2.45) is 28.6 Å². The summed E-state index contributed by atoms with van der Waals surface area (Å²) in [5, 5.41) is 40.9. The van der Waals surface area contributed by atoms with Crippen LogP contribution in [0.4, 0.5) is 4.39 Å². The average molecular weight is 475 g/mol. The van der Waals surface area contributed by atoms with Gasteiger partial charge < -0.3 is 25.2 Å². The summed E-state index contributed by atoms with van der Waals surface area (Å²) < 4.78 is 16.9. The van der Waals surface area contributed by atoms with Gasteiger partial charge in [-0.15, -0.1) is 0 Å². The first kappa shape index (κ1) is 28.3. The zero-order chi connectivity index (χ0) is 24.3. The molecule has 0 spiro atoms. The Kier molecular flexibility index (Phi) is 7.97. The molecule has 4 aliphatic rings. The smallest absolute Gasteiger partial charge is 0.550 e. The number of allylic oxidation sites excluding steroid dienone is 4. The van der Waals surface area contributed by atoms with Crippen molar-refractivity contribution in [1.29, 1.82) is 0 Å². The first-order valence-corrected chi connectivity index (χ1v) is 11.1. The number of aliphatic hydroxyl groups excluding tert-OH is 2. The third-order valence-corrected chi connectivity index (χ3v) is 8.79. The molecule has 0 saturated heterocycles. The van der Waals surface area contributed by atoms with Crippen LogP contribution in [0.5, 0.6) is 0 Å². The van der Waals surface area contributed by atoms with Crippen LogP contribution in [-0.4, -0.2) is 56.8 Å². The first-order chi connectivity index (χ1) is 14.7. The maximum absolute atomic E-state index is 16.9. The minimum Gasteiger partial charge on any atom is -0.550 e. The second-order valence-corrected chi connectivity index (χ2v) is 10.2. The average Bonchev–Trinajstić information content (AvgIpc) is 2.90. The number of hydrogen-bond acceptors (Lipinski definition) is 7. The van der Waals surface area contributed by atoms with Crippen LogP contribution in [0.2, 0.25) is 0 Å². The van der Waals surface area contributed by atoms with Crippen LogP contribution >= 0.6 is 0 Å². The number of carbonyl (C=O) groups excluding carboxylic acids is 3. The molecule has 3 fully saturated rings. The molecule has 4 rings (SSSR count). The third-order valence-electron chi connectivity index (χ3n) is 8.79. The number of aliphatic hydroxyl groups is 3. The number of Topliss-reactive ketones (excluding diaryl/α,β-unsaturated/α-hetero) is 1. The van der Waals surface area contributed by atoms with Crippen LogP contribution < -0.4 is 34.7 Å². The van der Waals surface area contributed by atoms with E-state index in [-0.39, 0.29) is 47.7 Å². The van der Waals surface area contributed by atoms with Crippen molar-refractivity contribution in [3.8, 4) is 0 Å². The van der Waals surface area contributed by atoms with Gasteiger partial charge in [0.2, 0.25) is 0 Å². The Labute approximate surface area is 215 Å². The van der Waals surface area contributed by atoms with Crippen LogP contribution in [0, 0.1) is 28.6 Å². The topological polar surface area (TPSA) is 135 Å². The molecule has 0 radical (unpaired) electrons. The number of aliphatic carboxylic acids is 1. The number of rotatable bonds is 2. The number of fused-ring (bicyclic) bond motifs is 5. The Morgan fingerprint density at radius 3 is 2.39 bits per heavy atom. The van der Waals surface area contributed by atoms with E-state index in [0.717, 1.165) is 6.92 Å². The molecular formula is C24H32FNaO7. The van der Waals surface area contributed by atoms with Gasteiger partial charge in [-0.1, -0.05) is 25.5 Å². The molecule has 33 heavy (non-hydrogen) atoms. The number of hydrogen-bond donors (Lipinski definition) is 3. The van der Waals surface area contributed by atoms with E-state index in [9.17, 15) is 24.9 Å². The molecule has 1 unspecified atom stereocenters. The van der Waals surface area contributed by atoms with Crippen molar-refractivity contribution < 1.29 is 68.8 Å². The van der Waals surface area contributed by atoms with E-state index >= 15 is 4.39 Å². The molecule has 4 aliphatic carbocycles. The van der Waals surface area contributed by atoms with E-state index in [1.807, 2.05) is 0 Å². The molecule has 0 bridgehead atoms. The van der Waals surface area contributed by atoms with E-state index < -0.39 is 58.4 Å². The van der Waals surface area contributed by atoms with Crippen LogP contribution in [0.15, 0.2) is 23.8 Å². The number of carboxylic acids is 1. The fraction of sp³-hybridized carbons (Fsp3) is 0.708. The van der Waals surface area contributed by atoms with E-state index in [0.29, 0.717) is 24.8 Å². The van der Waals surface area contributed by atoms with E-state index in [2.05, 4.69) is 0 Å². The summed E-state index contributed by atoms with van der Waals surface area (Å²) in [4.78, 5) is 33.3. The summed E-state index contributed by atoms with van der Waals surface area (Å²) in [6, 6.07) is 0. The largest absolute Gasteiger partial charge is 1.00 e. The zero-order valence-electron chi connectivity index (χ0n) is 19.9. The molecule has 8 atom stereocenters. The summed E-state index contributed by atoms with van der Waals surface area (Å²) in [7, 11) is 0. The summed E-state index contributed by atoms with van der Waals surface area (Å²) in [5.41, 5.74) is -5.17. The van der Waals surface area contributed by atoms with Gasteiger partial charge in [0.15, 0.2) is 17.2 Å². The van der Waals surface area contributed by atoms with Gasteiger partial charge in [-0.2, -0.15) is 0 Å². The van der Waals surface area contributed by atoms with Crippen LogP contribution in [0.1, 0.15) is 53.4 Å². The molecule has 0 aromatic heterocycles. The van der Waals surface area contributed by atoms with Crippen molar-refractivity contribution in [3.63, 3.8) is 0 Å². The van der Waals surface area contributed by atoms with E-state index in [1.165, 1.54) is 12.2 Å². The molecule has 7 nitrogen and oxygen atoms in total. The fourth-order valence-corrected chi connectivity index (χ4v) is 7.26. The Hall–Kier alpha value is -0.900. The summed E-state index contributed by atoms with van der Waals surface area (Å²) in [6.07, 6.45) is 4.44. The van der Waals surface area contributed by atoms with Crippen LogP contribution in [0.25, 0.3) is 0 Å². The Bertz CT molecular complexity index is 899. The summed E-state index contributed by atoms with van der Waals surface area (Å²) in [5.74, 6) is -3.20. The van der Waals surface area contributed by atoms with Crippen LogP contribution in [-0.2, 0) is 14.4 Å². The monoisotopic (exact) mass is 474 g/mol. The minimum absolute atomic E-state index is 0. The number of alkyl halides is 1. The van der Waals surface area contributed by atoms with Gasteiger partial charge in [0.25, 0.3) is 0 Å². The standard InChI is InChI=1S/C22H29FO5.C2H4O2.Na/c1-12-8-16-15-5-4-13-9-14(25)6-7-19(13,2)21(15,23)17(26)10-20(16,3)22(12,28)18(27)11-24;1-2(3)4;/h6-7,9,12,15-17,24,26,28H,4-5,8,10-11H2,1-3H3;1H3,(H,3,4);/q;;+1/p-1/t12-,15-,16?,17+,19+,20+,21+,22+;;/m1../s1. The van der Waals surface area contributed by atoms with Gasteiger partial charge in [0.05, 0.1) is 6.10 Å². The van der Waals surface area contributed by atoms with Gasteiger partial charge in [0, 0.05) is 22.7 Å². The Morgan fingerprint density at radius 1 is 1.27 bits per heavy atom. The molecule has 0 aliphatic heterocycles. The molecule has 0 amide bonds. The third kappa shape index (κ3) is 3.81. The number of ketones is 2. The second kappa shape index (κ2) is 9.28. The normalized spacial score (nSPS) is 45.3. The minimum atomic E-state index is -1.98. The van der Waals surface area contributed by atoms with Gasteiger partial charge in [-0.3, -0.25) is 9.59 Å². The maximum Gasteiger partial charge on any atom is 1.00 e. The van der Waals surface area contributed by atoms with E-state index in [4.69, 9.17) is 9.90 Å². The van der Waals surface area contributed by atoms with Crippen molar-refractivity contribution in [1.82, 2.24) is 0 Å². The predicted molar refractivity (Wildman–Crippen MR) is 111 cm³/mol. The molecule has 178 valence electrons. The molecule has 3 N–H and O–H groups in total. The fourth-order valence-electron chi connectivity index (χ4n) is 7.26. The maximum atomic E-state index is 16.9. The SMILES string of the molecule is CC(=O)[O-].C[C@@H]1CC2[C@H]3CCC4=CC(=O)C=C[C@]4(C)[C@@]3(F)[C@@H](O)C[C@]2(C)[C@@]1(O)C(=O)CO.[Na+]. The Balaban J connectivity index is 0.000000714. The molecule has 0 aromatic rings. The van der Waals surface area contributed by atoms with Crippen molar-refractivity contribution in [3.05, 3.63) is 23.8 Å². The molecule has 9 heteroatoms. The van der Waals surface area contributed by atoms with Gasteiger partial charge in [0.1, 0.15) is 12.2 Å². The summed E-state index contributed by atoms with van der Waals surface area (Å²) >= 11 is 0. The van der Waals surface area contributed by atoms with Crippen LogP contribution in [0.3, 0.4) is 0 Å². The second-order valence-electron chi connectivity index (χ2n) is 10.2. The zero-order valence-corrected chi connectivity index (χ0v) is 21.9. The first-order valence-electron chi connectivity index (χ1n) is 11.1. The van der Waals surface area contributed by atoms with Gasteiger partial charge in [-0.05, 0) is 63.5 Å². The molecule has 3 saturated carbocycles. The van der Waals surface area contributed by atoms with E-state index in [1.54, 1.807) is 26.8 Å². The van der Waals surface area contributed by atoms with Crippen molar-refractivity contribution >= 4 is 17.5 Å². The molecule has 0 aromatic carbocycles. The predicted octanol–water partition coefficient (Wildman–Crippen LogP) is -2.34. The molecule has 0 heterocycles. The summed E-state index contributed by atoms with van der Waals surface area (Å²) in [6.45, 7) is 5.45. The quantitative estimate of drug-likeness (QED) is 0.382. The molecular weight excluding hydrogens is 442 g/mol. The number of carboxylic acid groups (broad SMARTS) is 1. The van der Waals surface area contributed by atoms with Gasteiger partial charge >= 0.3 is 29.6 Å². The van der Waals surface area contributed by atoms with Crippen molar-refractivity contribution in [2.45, 2.75) is 70.8 Å².